The van der Waals surface area contributed by atoms with Crippen LogP contribution in [0.5, 0.6) is 0 Å². The first-order chi connectivity index (χ1) is 16.7. The lowest BCUT2D eigenvalue weighted by Crippen LogP contribution is -2.41. The molecule has 1 aromatic heterocycles. The number of halogens is 2. The number of fused-ring (bicyclic) bond motifs is 2. The fourth-order valence-corrected chi connectivity index (χ4v) is 6.99. The van der Waals surface area contributed by atoms with Gasteiger partial charge in [-0.2, -0.15) is 9.40 Å². The van der Waals surface area contributed by atoms with Crippen molar-refractivity contribution in [3.8, 4) is 5.69 Å². The van der Waals surface area contributed by atoms with Crippen molar-refractivity contribution in [2.45, 2.75) is 31.1 Å². The molecule has 0 spiro atoms. The summed E-state index contributed by atoms with van der Waals surface area (Å²) in [6.07, 6.45) is 7.93. The fourth-order valence-electron chi connectivity index (χ4n) is 5.47. The van der Waals surface area contributed by atoms with Crippen LogP contribution in [0.2, 0.25) is 0 Å². The van der Waals surface area contributed by atoms with Crippen molar-refractivity contribution < 1.29 is 17.2 Å². The molecule has 0 saturated heterocycles. The molecule has 2 aromatic carbocycles. The van der Waals surface area contributed by atoms with Crippen molar-refractivity contribution in [1.82, 2.24) is 14.1 Å². The van der Waals surface area contributed by atoms with E-state index in [0.717, 1.165) is 42.3 Å². The highest BCUT2D eigenvalue weighted by atomic mass is 32.2. The van der Waals surface area contributed by atoms with Crippen molar-refractivity contribution >= 4 is 16.1 Å². The van der Waals surface area contributed by atoms with Gasteiger partial charge in [0.15, 0.2) is 0 Å². The molecule has 182 valence electrons. The van der Waals surface area contributed by atoms with Crippen LogP contribution in [0.25, 0.3) is 11.8 Å². The zero-order valence-corrected chi connectivity index (χ0v) is 20.3. The van der Waals surface area contributed by atoms with E-state index in [1.54, 1.807) is 12.1 Å². The molecule has 0 N–H and O–H groups in total. The number of sulfonamides is 1. The quantitative estimate of drug-likeness (QED) is 0.414. The molecule has 1 heterocycles. The summed E-state index contributed by atoms with van der Waals surface area (Å²) in [6, 6.07) is 11.7. The van der Waals surface area contributed by atoms with E-state index in [-0.39, 0.29) is 35.1 Å². The van der Waals surface area contributed by atoms with Crippen LogP contribution >= 0.6 is 0 Å². The minimum absolute atomic E-state index is 0.0533. The maximum Gasteiger partial charge on any atom is 0.246 e. The topological polar surface area (TPSA) is 55.2 Å². The van der Waals surface area contributed by atoms with Crippen LogP contribution in [0.15, 0.2) is 77.9 Å². The summed E-state index contributed by atoms with van der Waals surface area (Å²) in [5, 5.41) is 4.55. The van der Waals surface area contributed by atoms with E-state index in [0.29, 0.717) is 0 Å². The molecule has 2 aliphatic rings. The first-order valence-corrected chi connectivity index (χ1v) is 13.1. The van der Waals surface area contributed by atoms with E-state index in [4.69, 9.17) is 0 Å². The summed E-state index contributed by atoms with van der Waals surface area (Å²) in [5.41, 5.74) is 3.84. The van der Waals surface area contributed by atoms with Gasteiger partial charge in [-0.05, 0) is 78.6 Å². The van der Waals surface area contributed by atoms with Gasteiger partial charge in [0.25, 0.3) is 0 Å². The standard InChI is InChI=1S/C27H27F2N3O2S/c1-3-14-31(35(33,34)26-7-5-4-6-24(26)29)18-21-9-8-20-15-25-19(16-27(20,21)2)17-30-32(25)23-12-10-22(28)11-13-23/h3-7,10-13,15,17,21H,1,8-9,14,16,18H2,2H3/t21-,27+/m1/s1. The van der Waals surface area contributed by atoms with Crippen LogP contribution in [0.3, 0.4) is 0 Å². The lowest BCUT2D eigenvalue weighted by Gasteiger charge is -2.38. The summed E-state index contributed by atoms with van der Waals surface area (Å²) in [5.74, 6) is -0.999. The van der Waals surface area contributed by atoms with Crippen LogP contribution in [0.1, 0.15) is 31.0 Å². The molecule has 3 aromatic rings. The predicted octanol–water partition coefficient (Wildman–Crippen LogP) is 5.38. The largest absolute Gasteiger partial charge is 0.246 e. The minimum Gasteiger partial charge on any atom is -0.233 e. The van der Waals surface area contributed by atoms with Gasteiger partial charge in [-0.1, -0.05) is 30.7 Å². The van der Waals surface area contributed by atoms with Gasteiger partial charge in [0.2, 0.25) is 10.0 Å². The predicted molar refractivity (Wildman–Crippen MR) is 131 cm³/mol. The van der Waals surface area contributed by atoms with Crippen molar-refractivity contribution in [3.05, 3.63) is 95.8 Å². The number of hydrogen-bond acceptors (Lipinski definition) is 3. The maximum absolute atomic E-state index is 14.4. The Balaban J connectivity index is 1.45. The zero-order chi connectivity index (χ0) is 24.8. The molecule has 5 rings (SSSR count). The van der Waals surface area contributed by atoms with Gasteiger partial charge in [0, 0.05) is 13.1 Å². The zero-order valence-electron chi connectivity index (χ0n) is 19.5. The molecule has 0 amide bonds. The van der Waals surface area contributed by atoms with Crippen LogP contribution in [-0.4, -0.2) is 35.6 Å². The number of hydrogen-bond donors (Lipinski definition) is 0. The second-order valence-corrected chi connectivity index (χ2v) is 11.4. The molecule has 8 heteroatoms. The Morgan fingerprint density at radius 2 is 1.94 bits per heavy atom. The summed E-state index contributed by atoms with van der Waals surface area (Å²) >= 11 is 0. The first kappa shape index (κ1) is 23.6. The number of nitrogens with zero attached hydrogens (tertiary/aromatic N) is 3. The number of allylic oxidation sites excluding steroid dienone is 1. The highest BCUT2D eigenvalue weighted by Crippen LogP contribution is 2.53. The molecule has 0 aliphatic heterocycles. The van der Waals surface area contributed by atoms with E-state index in [9.17, 15) is 17.2 Å². The van der Waals surface area contributed by atoms with Gasteiger partial charge in [0.05, 0.1) is 17.6 Å². The third kappa shape index (κ3) is 4.04. The third-order valence-corrected chi connectivity index (χ3v) is 9.30. The van der Waals surface area contributed by atoms with Gasteiger partial charge in [-0.3, -0.25) is 0 Å². The van der Waals surface area contributed by atoms with E-state index in [1.165, 1.54) is 46.3 Å². The second-order valence-electron chi connectivity index (χ2n) is 9.48. The Kier molecular flexibility index (Phi) is 5.97. The first-order valence-electron chi connectivity index (χ1n) is 11.6. The summed E-state index contributed by atoms with van der Waals surface area (Å²) in [7, 11) is -4.02. The average Bonchev–Trinajstić information content (AvgIpc) is 3.37. The SMILES string of the molecule is C=CCN(C[C@H]1CCC2=Cc3c(cnn3-c3ccc(F)cc3)C[C@@]21C)S(=O)(=O)c1ccccc1F. The van der Waals surface area contributed by atoms with Crippen molar-refractivity contribution in [2.75, 3.05) is 13.1 Å². The van der Waals surface area contributed by atoms with Crippen LogP contribution in [0, 0.1) is 23.0 Å². The number of rotatable bonds is 7. The molecule has 2 atom stereocenters. The Bertz CT molecular complexity index is 1410. The molecular formula is C27H27F2N3O2S. The highest BCUT2D eigenvalue weighted by Gasteiger charge is 2.47. The van der Waals surface area contributed by atoms with Crippen molar-refractivity contribution in [1.29, 1.82) is 0 Å². The lowest BCUT2D eigenvalue weighted by molar-refractivity contribution is 0.227. The van der Waals surface area contributed by atoms with Crippen LogP contribution in [-0.2, 0) is 16.4 Å². The van der Waals surface area contributed by atoms with E-state index in [1.807, 2.05) is 10.9 Å². The normalized spacial score (nSPS) is 21.5. The average molecular weight is 496 g/mol. The van der Waals surface area contributed by atoms with Crippen LogP contribution < -0.4 is 0 Å². The minimum atomic E-state index is -4.02. The van der Waals surface area contributed by atoms with Gasteiger partial charge in [-0.25, -0.2) is 21.9 Å². The monoisotopic (exact) mass is 495 g/mol. The molecule has 2 aliphatic carbocycles. The van der Waals surface area contributed by atoms with E-state index in [2.05, 4.69) is 24.7 Å². The molecule has 1 fully saturated rings. The Morgan fingerprint density at radius 3 is 2.66 bits per heavy atom. The highest BCUT2D eigenvalue weighted by molar-refractivity contribution is 7.89. The molecule has 0 unspecified atom stereocenters. The van der Waals surface area contributed by atoms with Crippen LogP contribution in [0.4, 0.5) is 8.78 Å². The molecule has 1 saturated carbocycles. The van der Waals surface area contributed by atoms with E-state index >= 15 is 0 Å². The molecule has 35 heavy (non-hydrogen) atoms. The van der Waals surface area contributed by atoms with Crippen molar-refractivity contribution in [2.24, 2.45) is 11.3 Å². The molecule has 5 nitrogen and oxygen atoms in total. The van der Waals surface area contributed by atoms with Gasteiger partial charge in [-0.15, -0.1) is 6.58 Å². The Hall–Kier alpha value is -3.10. The maximum atomic E-state index is 14.4. The molecule has 0 radical (unpaired) electrons. The smallest absolute Gasteiger partial charge is 0.233 e. The Morgan fingerprint density at radius 1 is 1.20 bits per heavy atom. The second kappa shape index (κ2) is 8.84. The molecule has 0 bridgehead atoms. The van der Waals surface area contributed by atoms with Gasteiger partial charge in [0.1, 0.15) is 16.5 Å². The fraction of sp³-hybridized carbons (Fsp3) is 0.296. The van der Waals surface area contributed by atoms with Gasteiger partial charge < -0.3 is 0 Å². The third-order valence-electron chi connectivity index (χ3n) is 7.43. The molecular weight excluding hydrogens is 468 g/mol. The lowest BCUT2D eigenvalue weighted by atomic mass is 9.70. The van der Waals surface area contributed by atoms with Crippen molar-refractivity contribution in [3.63, 3.8) is 0 Å². The summed E-state index contributed by atoms with van der Waals surface area (Å²) < 4.78 is 57.7. The number of benzene rings is 2. The van der Waals surface area contributed by atoms with Gasteiger partial charge >= 0.3 is 0 Å². The summed E-state index contributed by atoms with van der Waals surface area (Å²) in [6.45, 7) is 6.28. The summed E-state index contributed by atoms with van der Waals surface area (Å²) in [4.78, 5) is -0.313. The number of aromatic nitrogens is 2. The Labute approximate surface area is 204 Å². The van der Waals surface area contributed by atoms with E-state index < -0.39 is 15.8 Å².